The van der Waals surface area contributed by atoms with E-state index in [4.69, 9.17) is 4.74 Å². The summed E-state index contributed by atoms with van der Waals surface area (Å²) in [6.07, 6.45) is 0.701. The zero-order valence-electron chi connectivity index (χ0n) is 16.9. The standard InChI is InChI=1S/C22H21F2N3O4/c1-2-27-21(29)16-5-3-13(11-18(16)25-22(27)30)20(28)26-9-7-15(8-10-26)31-19-6-4-14(23)12-17(19)24/h3-6,11-12,15H,2,7-10H2,1H3,(H,25,30). The van der Waals surface area contributed by atoms with E-state index in [0.29, 0.717) is 42.4 Å². The van der Waals surface area contributed by atoms with E-state index in [9.17, 15) is 23.2 Å². The van der Waals surface area contributed by atoms with E-state index >= 15 is 0 Å². The number of aromatic nitrogens is 2. The number of hydrogen-bond donors (Lipinski definition) is 1. The number of halogens is 2. The molecule has 2 heterocycles. The van der Waals surface area contributed by atoms with Crippen molar-refractivity contribution in [2.75, 3.05) is 13.1 Å². The van der Waals surface area contributed by atoms with Crippen LogP contribution in [0.25, 0.3) is 10.9 Å². The number of amides is 1. The first kappa shape index (κ1) is 20.8. The van der Waals surface area contributed by atoms with Crippen LogP contribution in [-0.2, 0) is 6.54 Å². The van der Waals surface area contributed by atoms with Crippen LogP contribution in [0, 0.1) is 11.6 Å². The number of ether oxygens (including phenoxy) is 1. The van der Waals surface area contributed by atoms with Gasteiger partial charge in [-0.3, -0.25) is 14.2 Å². The van der Waals surface area contributed by atoms with E-state index in [1.165, 1.54) is 12.1 Å². The first-order chi connectivity index (χ1) is 14.9. The number of hydrogen-bond acceptors (Lipinski definition) is 4. The average Bonchev–Trinajstić information content (AvgIpc) is 2.75. The van der Waals surface area contributed by atoms with Crippen molar-refractivity contribution in [3.8, 4) is 5.75 Å². The monoisotopic (exact) mass is 429 g/mol. The van der Waals surface area contributed by atoms with Gasteiger partial charge in [0.15, 0.2) is 11.6 Å². The molecule has 1 aromatic heterocycles. The molecule has 1 aliphatic rings. The molecule has 0 radical (unpaired) electrons. The van der Waals surface area contributed by atoms with E-state index in [1.54, 1.807) is 24.0 Å². The fourth-order valence-corrected chi connectivity index (χ4v) is 3.78. The van der Waals surface area contributed by atoms with Crippen molar-refractivity contribution in [3.63, 3.8) is 0 Å². The van der Waals surface area contributed by atoms with Crippen LogP contribution in [0.2, 0.25) is 0 Å². The first-order valence-corrected chi connectivity index (χ1v) is 10.0. The van der Waals surface area contributed by atoms with Crippen LogP contribution in [0.4, 0.5) is 8.78 Å². The summed E-state index contributed by atoms with van der Waals surface area (Å²) < 4.78 is 33.5. The lowest BCUT2D eigenvalue weighted by molar-refractivity contribution is 0.0588. The lowest BCUT2D eigenvalue weighted by atomic mass is 10.1. The molecule has 1 amide bonds. The molecule has 0 aliphatic carbocycles. The molecular formula is C22H21F2N3O4. The van der Waals surface area contributed by atoms with E-state index in [2.05, 4.69) is 4.98 Å². The third-order valence-electron chi connectivity index (χ3n) is 5.46. The minimum Gasteiger partial charge on any atom is -0.487 e. The number of carbonyl (C=O) groups excluding carboxylic acids is 1. The van der Waals surface area contributed by atoms with Gasteiger partial charge in [-0.05, 0) is 37.3 Å². The second-order valence-corrected chi connectivity index (χ2v) is 7.42. The Morgan fingerprint density at radius 3 is 2.55 bits per heavy atom. The summed E-state index contributed by atoms with van der Waals surface area (Å²) >= 11 is 0. The van der Waals surface area contributed by atoms with Gasteiger partial charge in [0.05, 0.1) is 10.9 Å². The van der Waals surface area contributed by atoms with Gasteiger partial charge in [-0.25, -0.2) is 13.6 Å². The Morgan fingerprint density at radius 2 is 1.87 bits per heavy atom. The second kappa shape index (κ2) is 8.33. The van der Waals surface area contributed by atoms with Gasteiger partial charge in [-0.1, -0.05) is 0 Å². The Labute approximate surface area is 175 Å². The topological polar surface area (TPSA) is 84.4 Å². The zero-order valence-corrected chi connectivity index (χ0v) is 16.9. The van der Waals surface area contributed by atoms with E-state index < -0.39 is 22.9 Å². The maximum Gasteiger partial charge on any atom is 0.328 e. The number of fused-ring (bicyclic) bond motifs is 1. The normalized spacial score (nSPS) is 14.7. The molecule has 31 heavy (non-hydrogen) atoms. The van der Waals surface area contributed by atoms with Gasteiger partial charge in [0.2, 0.25) is 0 Å². The number of piperidine rings is 1. The van der Waals surface area contributed by atoms with Crippen LogP contribution < -0.4 is 16.0 Å². The van der Waals surface area contributed by atoms with E-state index in [1.807, 2.05) is 0 Å². The molecule has 2 aromatic carbocycles. The quantitative estimate of drug-likeness (QED) is 0.691. The van der Waals surface area contributed by atoms with Crippen LogP contribution in [0.3, 0.4) is 0 Å². The SMILES string of the molecule is CCn1c(=O)[nH]c2cc(C(=O)N3CCC(Oc4ccc(F)cc4F)CC3)ccc2c1=O. The van der Waals surface area contributed by atoms with Crippen molar-refractivity contribution in [2.45, 2.75) is 32.4 Å². The van der Waals surface area contributed by atoms with Gasteiger partial charge in [0.1, 0.15) is 11.9 Å². The predicted molar refractivity (Wildman–Crippen MR) is 110 cm³/mol. The molecule has 1 fully saturated rings. The van der Waals surface area contributed by atoms with Gasteiger partial charge in [-0.15, -0.1) is 0 Å². The number of rotatable bonds is 4. The van der Waals surface area contributed by atoms with Crippen LogP contribution in [-0.4, -0.2) is 39.6 Å². The molecule has 1 saturated heterocycles. The number of likely N-dealkylation sites (tertiary alicyclic amines) is 1. The molecule has 4 rings (SSSR count). The van der Waals surface area contributed by atoms with Gasteiger partial charge >= 0.3 is 5.69 Å². The molecule has 9 heteroatoms. The van der Waals surface area contributed by atoms with Gasteiger partial charge in [-0.2, -0.15) is 0 Å². The average molecular weight is 429 g/mol. The van der Waals surface area contributed by atoms with Gasteiger partial charge < -0.3 is 14.6 Å². The summed E-state index contributed by atoms with van der Waals surface area (Å²) in [7, 11) is 0. The molecule has 3 aromatic rings. The van der Waals surface area contributed by atoms with Crippen molar-refractivity contribution in [1.82, 2.24) is 14.5 Å². The second-order valence-electron chi connectivity index (χ2n) is 7.42. The number of benzene rings is 2. The summed E-state index contributed by atoms with van der Waals surface area (Å²) in [5.74, 6) is -1.67. The summed E-state index contributed by atoms with van der Waals surface area (Å²) in [5.41, 5.74) is -0.238. The van der Waals surface area contributed by atoms with E-state index in [0.717, 1.165) is 16.7 Å². The fraction of sp³-hybridized carbons (Fsp3) is 0.318. The lowest BCUT2D eigenvalue weighted by Gasteiger charge is -2.32. The highest BCUT2D eigenvalue weighted by Gasteiger charge is 2.26. The number of aromatic amines is 1. The molecule has 1 aliphatic heterocycles. The van der Waals surface area contributed by atoms with Crippen LogP contribution in [0.5, 0.6) is 5.75 Å². The maximum atomic E-state index is 13.8. The van der Waals surface area contributed by atoms with Gasteiger partial charge in [0, 0.05) is 44.1 Å². The summed E-state index contributed by atoms with van der Waals surface area (Å²) in [4.78, 5) is 41.6. The number of H-pyrrole nitrogens is 1. The summed E-state index contributed by atoms with van der Waals surface area (Å²) in [5, 5.41) is 0.339. The number of carbonyl (C=O) groups is 1. The number of nitrogens with zero attached hydrogens (tertiary/aromatic N) is 2. The zero-order chi connectivity index (χ0) is 22.1. The molecule has 1 N–H and O–H groups in total. The highest BCUT2D eigenvalue weighted by molar-refractivity contribution is 5.97. The Bertz CT molecular complexity index is 1260. The summed E-state index contributed by atoms with van der Waals surface area (Å²) in [6, 6.07) is 7.78. The number of nitrogens with one attached hydrogen (secondary N) is 1. The Hall–Kier alpha value is -3.49. The molecule has 0 bridgehead atoms. The molecular weight excluding hydrogens is 408 g/mol. The molecule has 0 atom stereocenters. The van der Waals surface area contributed by atoms with Crippen LogP contribution in [0.15, 0.2) is 46.0 Å². The first-order valence-electron chi connectivity index (χ1n) is 10.0. The smallest absolute Gasteiger partial charge is 0.328 e. The Morgan fingerprint density at radius 1 is 1.13 bits per heavy atom. The largest absolute Gasteiger partial charge is 0.487 e. The minimum absolute atomic E-state index is 0.0117. The molecule has 0 spiro atoms. The molecule has 0 saturated carbocycles. The lowest BCUT2D eigenvalue weighted by Crippen LogP contribution is -2.42. The third-order valence-corrected chi connectivity index (χ3v) is 5.46. The highest BCUT2D eigenvalue weighted by Crippen LogP contribution is 2.23. The Kier molecular flexibility index (Phi) is 5.58. The summed E-state index contributed by atoms with van der Waals surface area (Å²) in [6.45, 7) is 2.76. The Balaban J connectivity index is 1.46. The highest BCUT2D eigenvalue weighted by atomic mass is 19.1. The van der Waals surface area contributed by atoms with E-state index in [-0.39, 0.29) is 24.3 Å². The van der Waals surface area contributed by atoms with Crippen LogP contribution >= 0.6 is 0 Å². The third kappa shape index (κ3) is 4.08. The molecule has 0 unspecified atom stereocenters. The van der Waals surface area contributed by atoms with Crippen molar-refractivity contribution in [3.05, 3.63) is 74.4 Å². The van der Waals surface area contributed by atoms with Crippen molar-refractivity contribution in [2.24, 2.45) is 0 Å². The molecule has 162 valence electrons. The molecule has 7 nitrogen and oxygen atoms in total. The van der Waals surface area contributed by atoms with Gasteiger partial charge in [0.25, 0.3) is 11.5 Å². The van der Waals surface area contributed by atoms with Crippen molar-refractivity contribution >= 4 is 16.8 Å². The van der Waals surface area contributed by atoms with Crippen molar-refractivity contribution < 1.29 is 18.3 Å². The fourth-order valence-electron chi connectivity index (χ4n) is 3.78. The van der Waals surface area contributed by atoms with Crippen LogP contribution in [0.1, 0.15) is 30.1 Å². The predicted octanol–water partition coefficient (Wildman–Crippen LogP) is 2.67. The maximum absolute atomic E-state index is 13.8. The van der Waals surface area contributed by atoms with Crippen molar-refractivity contribution in [1.29, 1.82) is 0 Å². The minimum atomic E-state index is -0.759.